The predicted molar refractivity (Wildman–Crippen MR) is 142 cm³/mol. The van der Waals surface area contributed by atoms with Gasteiger partial charge in [-0.2, -0.15) is 18.3 Å². The van der Waals surface area contributed by atoms with Crippen LogP contribution in [0.25, 0.3) is 33.7 Å². The van der Waals surface area contributed by atoms with E-state index < -0.39 is 17.8 Å². The summed E-state index contributed by atoms with van der Waals surface area (Å²) in [6.45, 7) is 14.6. The summed E-state index contributed by atoms with van der Waals surface area (Å²) in [6.07, 6.45) is -0.710. The molecule has 0 saturated heterocycles. The Hall–Kier alpha value is -4.08. The minimum atomic E-state index is -4.61. The SMILES string of the molecule is Cc1nc2n(n1)C1(n3nc(C(F)(F)F)cc3-c3cc4cc(C(C)(C)C)ccc4c[n+]31)[n+]1ccc(C(C)(C)C)cc1-2. The smallest absolute Gasteiger partial charge is 0.206 e. The largest absolute Gasteiger partial charge is 0.584 e. The van der Waals surface area contributed by atoms with E-state index in [0.29, 0.717) is 23.0 Å². The molecular weight excluding hydrogens is 515 g/mol. The van der Waals surface area contributed by atoms with Gasteiger partial charge in [0, 0.05) is 29.7 Å². The Morgan fingerprint density at radius 2 is 1.45 bits per heavy atom. The zero-order chi connectivity index (χ0) is 28.6. The van der Waals surface area contributed by atoms with E-state index >= 15 is 0 Å². The number of hydrogen-bond acceptors (Lipinski definition) is 3. The Morgan fingerprint density at radius 3 is 2.12 bits per heavy atom. The zero-order valence-electron chi connectivity index (χ0n) is 23.5. The molecule has 10 heteroatoms. The van der Waals surface area contributed by atoms with E-state index in [1.54, 1.807) is 11.6 Å². The van der Waals surface area contributed by atoms with Crippen molar-refractivity contribution in [3.8, 4) is 22.9 Å². The molecule has 5 aromatic rings. The molecule has 7 nitrogen and oxygen atoms in total. The molecule has 0 aliphatic carbocycles. The number of benzene rings is 1. The van der Waals surface area contributed by atoms with Crippen molar-refractivity contribution in [2.75, 3.05) is 0 Å². The molecule has 1 unspecified atom stereocenters. The minimum absolute atomic E-state index is 0.0784. The maximum absolute atomic E-state index is 14.1. The summed E-state index contributed by atoms with van der Waals surface area (Å²) in [5.74, 6) is -0.300. The normalized spacial score (nSPS) is 17.9. The van der Waals surface area contributed by atoms with Gasteiger partial charge < -0.3 is 0 Å². The van der Waals surface area contributed by atoms with Gasteiger partial charge in [-0.1, -0.05) is 67.5 Å². The molecule has 0 radical (unpaired) electrons. The molecule has 0 N–H and O–H groups in total. The van der Waals surface area contributed by atoms with E-state index in [1.807, 2.05) is 33.7 Å². The fourth-order valence-electron chi connectivity index (χ4n) is 5.89. The maximum atomic E-state index is 14.1. The maximum Gasteiger partial charge on any atom is 0.584 e. The molecule has 0 fully saturated rings. The molecule has 0 saturated carbocycles. The van der Waals surface area contributed by atoms with Gasteiger partial charge in [0.05, 0.1) is 0 Å². The van der Waals surface area contributed by atoms with Crippen molar-refractivity contribution >= 4 is 10.8 Å². The molecule has 1 atom stereocenters. The predicted octanol–water partition coefficient (Wildman–Crippen LogP) is 5.30. The zero-order valence-corrected chi connectivity index (χ0v) is 23.5. The molecule has 1 aromatic carbocycles. The van der Waals surface area contributed by atoms with Crippen molar-refractivity contribution in [3.05, 3.63) is 77.5 Å². The summed E-state index contributed by atoms with van der Waals surface area (Å²) in [6, 6.07) is 13.4. The highest BCUT2D eigenvalue weighted by molar-refractivity contribution is 5.84. The molecular formula is C30H30F3N7+2. The average molecular weight is 546 g/mol. The second-order valence-corrected chi connectivity index (χ2v) is 12.9. The Labute approximate surface area is 229 Å². The topological polar surface area (TPSA) is 56.3 Å². The van der Waals surface area contributed by atoms with Gasteiger partial charge in [0.2, 0.25) is 11.5 Å². The number of halogens is 3. The van der Waals surface area contributed by atoms with Crippen LogP contribution in [0.3, 0.4) is 0 Å². The second kappa shape index (κ2) is 7.35. The quantitative estimate of drug-likeness (QED) is 0.243. The Bertz CT molecular complexity index is 1880. The van der Waals surface area contributed by atoms with E-state index in [1.165, 1.54) is 4.68 Å². The monoisotopic (exact) mass is 545 g/mol. The number of aryl methyl sites for hydroxylation is 1. The summed E-state index contributed by atoms with van der Waals surface area (Å²) in [4.78, 5) is 4.73. The lowest BCUT2D eigenvalue weighted by atomic mass is 9.86. The number of aromatic nitrogens is 7. The van der Waals surface area contributed by atoms with Crippen LogP contribution >= 0.6 is 0 Å². The van der Waals surface area contributed by atoms with Crippen molar-refractivity contribution in [2.45, 2.75) is 71.4 Å². The first kappa shape index (κ1) is 24.9. The highest BCUT2D eigenvalue weighted by Gasteiger charge is 2.71. The molecule has 204 valence electrons. The number of pyridine rings is 2. The fraction of sp³-hybridized carbons (Fsp3) is 0.367. The number of hydrogen-bond donors (Lipinski definition) is 0. The van der Waals surface area contributed by atoms with Crippen LogP contribution < -0.4 is 9.13 Å². The second-order valence-electron chi connectivity index (χ2n) is 12.9. The van der Waals surface area contributed by atoms with Gasteiger partial charge in [-0.3, -0.25) is 0 Å². The van der Waals surface area contributed by atoms with Crippen LogP contribution in [0.4, 0.5) is 13.2 Å². The van der Waals surface area contributed by atoms with Crippen molar-refractivity contribution < 1.29 is 22.3 Å². The first-order chi connectivity index (χ1) is 18.6. The van der Waals surface area contributed by atoms with Crippen LogP contribution in [0.15, 0.2) is 54.9 Å². The average Bonchev–Trinajstić information content (AvgIpc) is 3.57. The van der Waals surface area contributed by atoms with Gasteiger partial charge in [-0.15, -0.1) is 9.78 Å². The highest BCUT2D eigenvalue weighted by atomic mass is 19.4. The lowest BCUT2D eigenvalue weighted by Gasteiger charge is -2.20. The van der Waals surface area contributed by atoms with Gasteiger partial charge in [-0.25, -0.2) is 4.98 Å². The van der Waals surface area contributed by atoms with Crippen LogP contribution in [-0.4, -0.2) is 24.5 Å². The summed E-state index contributed by atoms with van der Waals surface area (Å²) in [5.41, 5.74) is 2.78. The first-order valence-electron chi connectivity index (χ1n) is 13.3. The first-order valence-corrected chi connectivity index (χ1v) is 13.3. The molecule has 0 amide bonds. The Kier molecular flexibility index (Phi) is 4.58. The van der Waals surface area contributed by atoms with Crippen LogP contribution in [0.2, 0.25) is 0 Å². The fourth-order valence-corrected chi connectivity index (χ4v) is 5.89. The van der Waals surface area contributed by atoms with Crippen LogP contribution in [-0.2, 0) is 22.9 Å². The molecule has 1 spiro atoms. The van der Waals surface area contributed by atoms with E-state index in [2.05, 4.69) is 70.9 Å². The van der Waals surface area contributed by atoms with Gasteiger partial charge in [-0.05, 0) is 40.3 Å². The molecule has 0 bridgehead atoms. The highest BCUT2D eigenvalue weighted by Crippen LogP contribution is 2.41. The van der Waals surface area contributed by atoms with Gasteiger partial charge >= 0.3 is 12.1 Å². The third kappa shape index (κ3) is 3.16. The van der Waals surface area contributed by atoms with E-state index in [9.17, 15) is 13.2 Å². The number of alkyl halides is 3. The number of nitrogens with zero attached hydrogens (tertiary/aromatic N) is 7. The van der Waals surface area contributed by atoms with E-state index in [0.717, 1.165) is 33.7 Å². The van der Waals surface area contributed by atoms with Crippen LogP contribution in [0.5, 0.6) is 0 Å². The molecule has 6 heterocycles. The van der Waals surface area contributed by atoms with Gasteiger partial charge in [0.15, 0.2) is 23.8 Å². The molecule has 7 rings (SSSR count). The van der Waals surface area contributed by atoms with E-state index in [4.69, 9.17) is 10.1 Å². The summed E-state index contributed by atoms with van der Waals surface area (Å²) in [7, 11) is 0. The minimum Gasteiger partial charge on any atom is -0.206 e. The van der Waals surface area contributed by atoms with Crippen LogP contribution in [0.1, 0.15) is 64.2 Å². The van der Waals surface area contributed by atoms with Crippen molar-refractivity contribution in [2.24, 2.45) is 0 Å². The van der Waals surface area contributed by atoms with Gasteiger partial charge in [0.25, 0.3) is 5.69 Å². The summed E-state index contributed by atoms with van der Waals surface area (Å²) in [5, 5.41) is 10.8. The van der Waals surface area contributed by atoms with Crippen molar-refractivity contribution in [1.82, 2.24) is 24.5 Å². The molecule has 2 aliphatic rings. The number of rotatable bonds is 0. The van der Waals surface area contributed by atoms with Crippen LogP contribution in [0, 0.1) is 6.92 Å². The van der Waals surface area contributed by atoms with Crippen molar-refractivity contribution in [1.29, 1.82) is 0 Å². The lowest BCUT2D eigenvalue weighted by Crippen LogP contribution is -2.77. The molecule has 40 heavy (non-hydrogen) atoms. The number of fused-ring (bicyclic) bond motifs is 11. The Balaban J connectivity index is 1.61. The summed E-state index contributed by atoms with van der Waals surface area (Å²) < 4.78 is 49.3. The van der Waals surface area contributed by atoms with Crippen molar-refractivity contribution in [3.63, 3.8) is 0 Å². The van der Waals surface area contributed by atoms with Gasteiger partial charge in [0.1, 0.15) is 5.82 Å². The third-order valence-corrected chi connectivity index (χ3v) is 8.01. The summed E-state index contributed by atoms with van der Waals surface area (Å²) >= 11 is 0. The lowest BCUT2D eigenvalue weighted by molar-refractivity contribution is -0.990. The standard InChI is InChI=1S/C30H30F3N7/c1-17-34-26-24-14-21(28(5,6)7)10-11-37(24)30(40(26)35-17)38-16-18-8-9-20(27(2,3)4)12-19(18)13-22(38)23-15-25(29(31,32)33)36-39(23)30/h8-16H,1-7H3/q+2. The van der Waals surface area contributed by atoms with E-state index in [-0.39, 0.29) is 10.8 Å². The molecule has 4 aromatic heterocycles. The molecule has 2 aliphatic heterocycles. The Morgan fingerprint density at radius 1 is 0.750 bits per heavy atom. The third-order valence-electron chi connectivity index (χ3n) is 8.01.